The lowest BCUT2D eigenvalue weighted by Gasteiger charge is -2.19. The van der Waals surface area contributed by atoms with Gasteiger partial charge in [-0.2, -0.15) is 0 Å². The lowest BCUT2D eigenvalue weighted by molar-refractivity contribution is -0.121. The summed E-state index contributed by atoms with van der Waals surface area (Å²) in [6.45, 7) is 1.60. The molecule has 1 aliphatic heterocycles. The Morgan fingerprint density at radius 2 is 2.04 bits per heavy atom. The van der Waals surface area contributed by atoms with Gasteiger partial charge in [0.25, 0.3) is 0 Å². The number of hydrogen-bond acceptors (Lipinski definition) is 4. The summed E-state index contributed by atoms with van der Waals surface area (Å²) in [5, 5.41) is 7.10. The average Bonchev–Trinajstić information content (AvgIpc) is 2.95. The number of aromatic nitrogens is 1. The summed E-state index contributed by atoms with van der Waals surface area (Å²) in [6, 6.07) is 10.3. The smallest absolute Gasteiger partial charge is 0.234 e. The zero-order valence-electron chi connectivity index (χ0n) is 13.5. The molecule has 0 bridgehead atoms. The lowest BCUT2D eigenvalue weighted by Crippen LogP contribution is -2.43. The number of rotatable bonds is 5. The molecule has 132 valence electrons. The van der Waals surface area contributed by atoms with E-state index in [2.05, 4.69) is 27.8 Å². The molecule has 0 radical (unpaired) electrons. The average molecular weight is 372 g/mol. The molecule has 3 rings (SSSR count). The van der Waals surface area contributed by atoms with Gasteiger partial charge in [-0.25, -0.2) is 0 Å². The summed E-state index contributed by atoms with van der Waals surface area (Å²) in [5.41, 5.74) is 2.27. The minimum absolute atomic E-state index is 0. The molecule has 0 spiro atoms. The number of benzene rings is 1. The largest absolute Gasteiger partial charge is 0.379 e. The van der Waals surface area contributed by atoms with E-state index in [1.165, 1.54) is 10.9 Å². The third-order valence-corrected chi connectivity index (χ3v) is 4.10. The number of nitrogens with zero attached hydrogens (tertiary/aromatic N) is 1. The third kappa shape index (κ3) is 4.80. The van der Waals surface area contributed by atoms with Crippen LogP contribution in [-0.2, 0) is 16.0 Å². The van der Waals surface area contributed by atoms with E-state index in [0.717, 1.165) is 11.9 Å². The van der Waals surface area contributed by atoms with Gasteiger partial charge in [0.15, 0.2) is 0 Å². The van der Waals surface area contributed by atoms with Crippen LogP contribution in [0.2, 0.25) is 0 Å². The quantitative estimate of drug-likeness (QED) is 0.843. The molecule has 0 unspecified atom stereocenters. The van der Waals surface area contributed by atoms with Crippen molar-refractivity contribution in [3.05, 3.63) is 42.1 Å². The van der Waals surface area contributed by atoms with Gasteiger partial charge in [0.1, 0.15) is 0 Å². The van der Waals surface area contributed by atoms with Crippen LogP contribution in [0.25, 0.3) is 10.9 Å². The fraction of sp³-hybridized carbons (Fsp3) is 0.412. The molecule has 0 aliphatic carbocycles. The zero-order valence-corrected chi connectivity index (χ0v) is 15.2. The molecule has 24 heavy (non-hydrogen) atoms. The Balaban J connectivity index is 0.00000144. The van der Waals surface area contributed by atoms with Crippen molar-refractivity contribution in [1.82, 2.24) is 15.6 Å². The van der Waals surface area contributed by atoms with E-state index in [0.29, 0.717) is 25.7 Å². The molecule has 0 saturated carbocycles. The fourth-order valence-corrected chi connectivity index (χ4v) is 2.99. The van der Waals surface area contributed by atoms with Crippen LogP contribution < -0.4 is 10.6 Å². The van der Waals surface area contributed by atoms with Crippen molar-refractivity contribution in [2.24, 2.45) is 5.92 Å². The van der Waals surface area contributed by atoms with E-state index in [-0.39, 0.29) is 36.8 Å². The highest BCUT2D eigenvalue weighted by atomic mass is 35.5. The molecular formula is C17H23Cl2N3O2. The molecule has 1 saturated heterocycles. The maximum atomic E-state index is 11.8. The number of fused-ring (bicyclic) bond motifs is 1. The Morgan fingerprint density at radius 3 is 2.83 bits per heavy atom. The molecule has 1 fully saturated rings. The molecule has 1 aromatic heterocycles. The van der Waals surface area contributed by atoms with Crippen molar-refractivity contribution in [3.63, 3.8) is 0 Å². The summed E-state index contributed by atoms with van der Waals surface area (Å²) in [6.07, 6.45) is 2.73. The number of halogens is 2. The van der Waals surface area contributed by atoms with E-state index in [9.17, 15) is 4.79 Å². The normalized spacial score (nSPS) is 19.4. The van der Waals surface area contributed by atoms with Crippen LogP contribution in [0.5, 0.6) is 0 Å². The number of hydrogen-bond donors (Lipinski definition) is 2. The number of likely N-dealkylation sites (N-methyl/N-ethyl adjacent to an activating group) is 1. The predicted octanol–water partition coefficient (Wildman–Crippen LogP) is 1.97. The van der Waals surface area contributed by atoms with E-state index in [1.807, 2.05) is 24.4 Å². The van der Waals surface area contributed by atoms with Crippen LogP contribution in [0.1, 0.15) is 5.56 Å². The first kappa shape index (κ1) is 20.6. The van der Waals surface area contributed by atoms with E-state index in [1.54, 1.807) is 7.05 Å². The number of amides is 1. The van der Waals surface area contributed by atoms with E-state index >= 15 is 0 Å². The van der Waals surface area contributed by atoms with Crippen LogP contribution >= 0.6 is 24.8 Å². The number of ether oxygens (including phenoxy) is 1. The first-order valence-corrected chi connectivity index (χ1v) is 7.62. The van der Waals surface area contributed by atoms with Gasteiger partial charge >= 0.3 is 0 Å². The topological polar surface area (TPSA) is 63.2 Å². The molecule has 2 N–H and O–H groups in total. The number of carbonyl (C=O) groups is 1. The maximum Gasteiger partial charge on any atom is 0.234 e. The molecule has 1 aliphatic rings. The highest BCUT2D eigenvalue weighted by Gasteiger charge is 2.29. The molecule has 1 aromatic carbocycles. The second-order valence-electron chi connectivity index (χ2n) is 5.69. The Morgan fingerprint density at radius 1 is 1.25 bits per heavy atom. The molecule has 7 heteroatoms. The molecule has 5 nitrogen and oxygen atoms in total. The first-order valence-electron chi connectivity index (χ1n) is 7.62. The maximum absolute atomic E-state index is 11.8. The minimum atomic E-state index is 0. The van der Waals surface area contributed by atoms with E-state index in [4.69, 9.17) is 4.74 Å². The Labute approximate surface area is 154 Å². The summed E-state index contributed by atoms with van der Waals surface area (Å²) < 4.78 is 5.58. The SMILES string of the molecule is CNCC(=O)N[C@@H]1COC[C@H]1Cc1ccnc2ccccc12.Cl.Cl. The van der Waals surface area contributed by atoms with Gasteiger partial charge in [-0.15, -0.1) is 24.8 Å². The summed E-state index contributed by atoms with van der Waals surface area (Å²) in [5.74, 6) is 0.314. The van der Waals surface area contributed by atoms with Crippen molar-refractivity contribution in [1.29, 1.82) is 0 Å². The summed E-state index contributed by atoms with van der Waals surface area (Å²) in [7, 11) is 1.77. The van der Waals surface area contributed by atoms with Crippen molar-refractivity contribution in [3.8, 4) is 0 Å². The minimum Gasteiger partial charge on any atom is -0.379 e. The first-order chi connectivity index (χ1) is 10.8. The number of carbonyl (C=O) groups excluding carboxylic acids is 1. The monoisotopic (exact) mass is 371 g/mol. The Bertz CT molecular complexity index is 664. The Kier molecular flexibility index (Phi) is 8.42. The highest BCUT2D eigenvalue weighted by Crippen LogP contribution is 2.24. The van der Waals surface area contributed by atoms with Crippen molar-refractivity contribution in [2.75, 3.05) is 26.8 Å². The van der Waals surface area contributed by atoms with Crippen LogP contribution in [0.3, 0.4) is 0 Å². The van der Waals surface area contributed by atoms with Gasteiger partial charge in [-0.3, -0.25) is 9.78 Å². The molecule has 2 aromatic rings. The van der Waals surface area contributed by atoms with Crippen molar-refractivity contribution >= 4 is 41.6 Å². The predicted molar refractivity (Wildman–Crippen MR) is 100 cm³/mol. The van der Waals surface area contributed by atoms with Crippen LogP contribution in [-0.4, -0.2) is 43.7 Å². The molecular weight excluding hydrogens is 349 g/mol. The summed E-state index contributed by atoms with van der Waals surface area (Å²) >= 11 is 0. The second kappa shape index (κ2) is 9.79. The van der Waals surface area contributed by atoms with Gasteiger partial charge < -0.3 is 15.4 Å². The molecule has 1 amide bonds. The van der Waals surface area contributed by atoms with Crippen LogP contribution in [0.15, 0.2) is 36.5 Å². The standard InChI is InChI=1S/C17H21N3O2.2ClH/c1-18-9-17(21)20-16-11-22-10-13(16)8-12-6-7-19-15-5-3-2-4-14(12)15;;/h2-7,13,16,18H,8-11H2,1H3,(H,20,21);2*1H/t13-,16-;;/m1../s1. The highest BCUT2D eigenvalue weighted by molar-refractivity contribution is 5.85. The van der Waals surface area contributed by atoms with Crippen molar-refractivity contribution in [2.45, 2.75) is 12.5 Å². The van der Waals surface area contributed by atoms with Crippen molar-refractivity contribution < 1.29 is 9.53 Å². The third-order valence-electron chi connectivity index (χ3n) is 4.10. The van der Waals surface area contributed by atoms with Crippen LogP contribution in [0.4, 0.5) is 0 Å². The number of para-hydroxylation sites is 1. The van der Waals surface area contributed by atoms with Gasteiger partial charge in [0.05, 0.1) is 31.3 Å². The van der Waals surface area contributed by atoms with Gasteiger partial charge in [-0.1, -0.05) is 18.2 Å². The van der Waals surface area contributed by atoms with Crippen LogP contribution in [0, 0.1) is 5.92 Å². The summed E-state index contributed by atoms with van der Waals surface area (Å²) in [4.78, 5) is 16.2. The van der Waals surface area contributed by atoms with Gasteiger partial charge in [0, 0.05) is 17.5 Å². The van der Waals surface area contributed by atoms with Gasteiger partial charge in [0.2, 0.25) is 5.91 Å². The number of nitrogens with one attached hydrogen (secondary N) is 2. The fourth-order valence-electron chi connectivity index (χ4n) is 2.99. The lowest BCUT2D eigenvalue weighted by atomic mass is 9.93. The molecule has 2 atom stereocenters. The van der Waals surface area contributed by atoms with Gasteiger partial charge in [-0.05, 0) is 31.2 Å². The molecule has 2 heterocycles. The Hall–Kier alpha value is -1.40. The number of pyridine rings is 1. The second-order valence-corrected chi connectivity index (χ2v) is 5.69. The zero-order chi connectivity index (χ0) is 15.4. The van der Waals surface area contributed by atoms with E-state index < -0.39 is 0 Å².